The molecule has 0 saturated carbocycles. The molecule has 0 saturated heterocycles. The van der Waals surface area contributed by atoms with E-state index in [1.54, 1.807) is 12.3 Å². The van der Waals surface area contributed by atoms with Gasteiger partial charge in [-0.1, -0.05) is 73.7 Å². The maximum Gasteiger partial charge on any atom is 0.0603 e. The van der Waals surface area contributed by atoms with Crippen molar-refractivity contribution in [3.63, 3.8) is 0 Å². The van der Waals surface area contributed by atoms with Crippen LogP contribution >= 0.6 is 0 Å². The summed E-state index contributed by atoms with van der Waals surface area (Å²) in [7, 11) is 1.89. The van der Waals surface area contributed by atoms with Crippen LogP contribution in [0.5, 0.6) is 0 Å². The minimum Gasteiger partial charge on any atom is -0.373 e. The molecule has 9 rings (SSSR count). The van der Waals surface area contributed by atoms with E-state index in [9.17, 15) is 4.39 Å². The molecule has 3 aromatic heterocycles. The maximum atomic E-state index is 12.6. The van der Waals surface area contributed by atoms with Gasteiger partial charge in [0.2, 0.25) is 0 Å². The summed E-state index contributed by atoms with van der Waals surface area (Å²) >= 11 is 0. The fourth-order valence-electron chi connectivity index (χ4n) is 6.96. The van der Waals surface area contributed by atoms with E-state index in [1.807, 2.05) is 60.8 Å². The van der Waals surface area contributed by atoms with Crippen molar-refractivity contribution >= 4 is 0 Å². The molecule has 6 nitrogen and oxygen atoms in total. The number of hydrogen-bond acceptors (Lipinski definition) is 3. The summed E-state index contributed by atoms with van der Waals surface area (Å²) in [5.41, 5.74) is 13.7. The van der Waals surface area contributed by atoms with E-state index >= 15 is 0 Å². The average molecular weight is 1340 g/mol. The molecule has 9 aromatic rings. The number of nitrogens with zero attached hydrogens (tertiary/aromatic N) is 6. The van der Waals surface area contributed by atoms with E-state index in [0.717, 1.165) is 34.2 Å². The van der Waals surface area contributed by atoms with Gasteiger partial charge in [-0.3, -0.25) is 19.3 Å². The predicted molar refractivity (Wildman–Crippen MR) is 232 cm³/mol. The Kier molecular flexibility index (Phi) is 18.0. The van der Waals surface area contributed by atoms with E-state index in [1.165, 1.54) is 62.5 Å². The number of imidazole rings is 3. The summed E-state index contributed by atoms with van der Waals surface area (Å²) < 4.78 is 18.7. The molecule has 3 radical (unpaired) electrons. The van der Waals surface area contributed by atoms with Crippen LogP contribution in [0.3, 0.4) is 0 Å². The molecule has 0 N–H and O–H groups in total. The van der Waals surface area contributed by atoms with Gasteiger partial charge in [-0.15, -0.1) is 101 Å². The van der Waals surface area contributed by atoms with E-state index in [-0.39, 0.29) is 66.1 Å². The third kappa shape index (κ3) is 11.6. The molecule has 0 bridgehead atoms. The number of aromatic nitrogens is 6. The number of halogens is 1. The van der Waals surface area contributed by atoms with Gasteiger partial charge in [0.15, 0.2) is 0 Å². The van der Waals surface area contributed by atoms with Gasteiger partial charge in [0.05, 0.1) is 17.5 Å². The first-order valence-corrected chi connectivity index (χ1v) is 19.1. The van der Waals surface area contributed by atoms with Crippen molar-refractivity contribution in [3.8, 4) is 56.7 Å². The second-order valence-electron chi connectivity index (χ2n) is 14.1. The summed E-state index contributed by atoms with van der Waals surface area (Å²) in [5.74, 6) is 2.36. The molecule has 0 aliphatic carbocycles. The number of rotatable bonds is 6. The zero-order valence-corrected chi connectivity index (χ0v) is 41.8. The van der Waals surface area contributed by atoms with Crippen molar-refractivity contribution in [2.24, 2.45) is 7.05 Å². The Bertz CT molecular complexity index is 2710. The minimum atomic E-state index is -0.280. The van der Waals surface area contributed by atoms with E-state index in [0.29, 0.717) is 0 Å². The SMILES string of the molecule is Cc1c[c-]c(-c2nccn2-c2c(C)cccc2C)cc1.Cc1cccc(C)c1-n1ccnc1-c1[c-]ccc(-c2ccccc2)c1.Cn1ccnc1-c1[c-]cc(F)cc1.[Ir].[Ir].[Ir]. The van der Waals surface area contributed by atoms with Crippen LogP contribution in [-0.2, 0) is 67.4 Å². The quantitative estimate of drug-likeness (QED) is 0.156. The monoisotopic (exact) mass is 1340 g/mol. The number of benzene rings is 6. The third-order valence-corrected chi connectivity index (χ3v) is 9.84. The molecule has 3 heterocycles. The normalized spacial score (nSPS) is 10.1. The van der Waals surface area contributed by atoms with Crippen molar-refractivity contribution in [1.29, 1.82) is 0 Å². The molecule has 61 heavy (non-hydrogen) atoms. The van der Waals surface area contributed by atoms with Crippen LogP contribution in [0, 0.1) is 58.6 Å². The summed E-state index contributed by atoms with van der Waals surface area (Å²) in [5, 5.41) is 0. The summed E-state index contributed by atoms with van der Waals surface area (Å²) in [6.45, 7) is 10.6. The molecule has 315 valence electrons. The van der Waals surface area contributed by atoms with Crippen molar-refractivity contribution in [3.05, 3.63) is 210 Å². The first-order valence-electron chi connectivity index (χ1n) is 19.1. The fourth-order valence-corrected chi connectivity index (χ4v) is 6.96. The number of hydrogen-bond donors (Lipinski definition) is 0. The second-order valence-corrected chi connectivity index (χ2v) is 14.1. The smallest absolute Gasteiger partial charge is 0.0603 e. The molecule has 0 atom stereocenters. The van der Waals surface area contributed by atoms with Crippen molar-refractivity contribution in [1.82, 2.24) is 28.7 Å². The second kappa shape index (κ2) is 22.6. The van der Waals surface area contributed by atoms with Crippen LogP contribution in [0.4, 0.5) is 4.39 Å². The average Bonchev–Trinajstić information content (AvgIpc) is 4.02. The maximum absolute atomic E-state index is 12.6. The zero-order chi connectivity index (χ0) is 40.6. The Morgan fingerprint density at radius 1 is 0.475 bits per heavy atom. The van der Waals surface area contributed by atoms with Crippen LogP contribution in [0.2, 0.25) is 0 Å². The third-order valence-electron chi connectivity index (χ3n) is 9.84. The summed E-state index contributed by atoms with van der Waals surface area (Å²) in [6.07, 6.45) is 11.3. The summed E-state index contributed by atoms with van der Waals surface area (Å²) in [4.78, 5) is 13.2. The van der Waals surface area contributed by atoms with Crippen LogP contribution in [0.1, 0.15) is 27.8 Å². The molecular formula is C51H44FIr3N6-3. The largest absolute Gasteiger partial charge is 0.373 e. The van der Waals surface area contributed by atoms with Crippen LogP contribution in [0.25, 0.3) is 56.7 Å². The van der Waals surface area contributed by atoms with Gasteiger partial charge in [-0.05, 0) is 55.5 Å². The van der Waals surface area contributed by atoms with Gasteiger partial charge in [0.25, 0.3) is 0 Å². The van der Waals surface area contributed by atoms with Gasteiger partial charge in [0.1, 0.15) is 0 Å². The Hall–Kier alpha value is -5.17. The molecule has 10 heteroatoms. The number of aryl methyl sites for hydroxylation is 6. The van der Waals surface area contributed by atoms with E-state index in [2.05, 4.69) is 162 Å². The van der Waals surface area contributed by atoms with Crippen molar-refractivity contribution in [2.75, 3.05) is 0 Å². The van der Waals surface area contributed by atoms with Crippen molar-refractivity contribution < 1.29 is 64.7 Å². The topological polar surface area (TPSA) is 53.5 Å². The Morgan fingerprint density at radius 2 is 0.984 bits per heavy atom. The minimum absolute atomic E-state index is 0. The van der Waals surface area contributed by atoms with Crippen LogP contribution < -0.4 is 0 Å². The van der Waals surface area contributed by atoms with Crippen molar-refractivity contribution in [2.45, 2.75) is 34.6 Å². The van der Waals surface area contributed by atoms with E-state index < -0.39 is 0 Å². The van der Waals surface area contributed by atoms with Crippen LogP contribution in [-0.4, -0.2) is 28.7 Å². The molecule has 0 amide bonds. The molecular weight excluding hydrogens is 1290 g/mol. The van der Waals surface area contributed by atoms with Gasteiger partial charge in [-0.25, -0.2) is 0 Å². The fraction of sp³-hybridized carbons (Fsp3) is 0.118. The Balaban J connectivity index is 0.000000206. The first-order chi connectivity index (χ1) is 28.2. The standard InChI is InChI=1S/C23H19N2.C18H17N2.C10H8FN2.3Ir/c1-17-8-6-9-18(2)22(17)25-15-14-24-23(25)21-13-7-12-20(16-21)19-10-4-3-5-11-19;1-13-7-9-16(10-8-13)18-19-11-12-20(18)17-14(2)5-4-6-15(17)3;1-13-7-6-12-10(13)8-2-4-9(11)5-3-8;;;/h3-12,14-16H,1-2H3;4-9,11-12H,1-3H3;2,4-7H,1H3;;;/q3*-1;;;. The number of para-hydroxylation sites is 2. The summed E-state index contributed by atoms with van der Waals surface area (Å²) in [6, 6.07) is 49.3. The van der Waals surface area contributed by atoms with Gasteiger partial charge in [-0.2, -0.15) is 0 Å². The molecule has 6 aromatic carbocycles. The molecule has 0 unspecified atom stereocenters. The Labute approximate surface area is 399 Å². The molecule has 0 aliphatic heterocycles. The van der Waals surface area contributed by atoms with Gasteiger partial charge >= 0.3 is 0 Å². The van der Waals surface area contributed by atoms with Gasteiger partial charge in [0, 0.05) is 122 Å². The molecule has 0 spiro atoms. The Morgan fingerprint density at radius 3 is 1.49 bits per heavy atom. The molecule has 0 aliphatic rings. The van der Waals surface area contributed by atoms with E-state index in [4.69, 9.17) is 0 Å². The zero-order valence-electron chi connectivity index (χ0n) is 34.6. The van der Waals surface area contributed by atoms with Gasteiger partial charge < -0.3 is 13.7 Å². The first kappa shape index (κ1) is 48.5. The van der Waals surface area contributed by atoms with Crippen LogP contribution in [0.15, 0.2) is 159 Å². The molecule has 0 fully saturated rings. The predicted octanol–water partition coefficient (Wildman–Crippen LogP) is 11.9.